The van der Waals surface area contributed by atoms with Crippen molar-refractivity contribution in [2.75, 3.05) is 13.1 Å². The van der Waals surface area contributed by atoms with Crippen LogP contribution in [-0.2, 0) is 13.1 Å². The van der Waals surface area contributed by atoms with E-state index < -0.39 is 0 Å². The monoisotopic (exact) mass is 300 g/mol. The van der Waals surface area contributed by atoms with Crippen LogP contribution >= 0.6 is 15.9 Å². The van der Waals surface area contributed by atoms with Gasteiger partial charge in [0.25, 0.3) is 0 Å². The molecule has 1 aliphatic heterocycles. The van der Waals surface area contributed by atoms with Crippen LogP contribution in [0, 0.1) is 5.92 Å². The van der Waals surface area contributed by atoms with Crippen molar-refractivity contribution >= 4 is 15.9 Å². The Hall–Kier alpha value is -0.420. The zero-order valence-corrected chi connectivity index (χ0v) is 12.2. The summed E-state index contributed by atoms with van der Waals surface area (Å²) in [6, 6.07) is 0. The van der Waals surface area contributed by atoms with Crippen LogP contribution in [0.2, 0.25) is 0 Å². The Kier molecular flexibility index (Phi) is 4.56. The van der Waals surface area contributed by atoms with E-state index in [9.17, 15) is 0 Å². The molecule has 0 aromatic carbocycles. The molecule has 0 spiro atoms. The highest BCUT2D eigenvalue weighted by Gasteiger charge is 2.23. The minimum Gasteiger partial charge on any atom is -0.296 e. The average Bonchev–Trinajstić information content (AvgIpc) is 2.77. The Morgan fingerprint density at radius 3 is 2.76 bits per heavy atom. The van der Waals surface area contributed by atoms with Gasteiger partial charge in [0.15, 0.2) is 0 Å². The van der Waals surface area contributed by atoms with Gasteiger partial charge in [-0.3, -0.25) is 4.90 Å². The number of hydrogen-bond donors (Lipinski definition) is 0. The summed E-state index contributed by atoms with van der Waals surface area (Å²) in [5.41, 5.74) is 0. The number of alkyl halides is 1. The molecule has 2 rings (SSSR count). The van der Waals surface area contributed by atoms with E-state index in [-0.39, 0.29) is 0 Å². The molecule has 96 valence electrons. The second-order valence-corrected chi connectivity index (χ2v) is 6.23. The second kappa shape index (κ2) is 5.96. The molecule has 4 nitrogen and oxygen atoms in total. The number of aryl methyl sites for hydroxylation is 1. The summed E-state index contributed by atoms with van der Waals surface area (Å²) >= 11 is 3.69. The third-order valence-electron chi connectivity index (χ3n) is 3.64. The molecular weight excluding hydrogens is 280 g/mol. The lowest BCUT2D eigenvalue weighted by Crippen LogP contribution is -2.36. The van der Waals surface area contributed by atoms with Crippen molar-refractivity contribution in [3.63, 3.8) is 0 Å². The normalized spacial score (nSPS) is 20.6. The molecular formula is C12H21BrN4. The smallest absolute Gasteiger partial charge is 0.140 e. The molecule has 1 fully saturated rings. The van der Waals surface area contributed by atoms with Crippen LogP contribution in [0.4, 0.5) is 0 Å². The maximum Gasteiger partial charge on any atom is 0.140 e. The van der Waals surface area contributed by atoms with Crippen LogP contribution in [0.15, 0.2) is 6.33 Å². The van der Waals surface area contributed by atoms with Crippen molar-refractivity contribution in [1.29, 1.82) is 0 Å². The topological polar surface area (TPSA) is 34.0 Å². The van der Waals surface area contributed by atoms with Crippen molar-refractivity contribution < 1.29 is 0 Å². The molecule has 5 heteroatoms. The minimum absolute atomic E-state index is 0.643. The van der Waals surface area contributed by atoms with Gasteiger partial charge in [0.2, 0.25) is 0 Å². The lowest BCUT2D eigenvalue weighted by Gasteiger charge is -2.32. The van der Waals surface area contributed by atoms with Crippen LogP contribution in [-0.4, -0.2) is 37.6 Å². The molecule has 0 N–H and O–H groups in total. The highest BCUT2D eigenvalue weighted by Crippen LogP contribution is 2.25. The fraction of sp³-hybridized carbons (Fsp3) is 0.833. The first-order valence-corrected chi connectivity index (χ1v) is 7.35. The predicted octanol–water partition coefficient (Wildman–Crippen LogP) is 2.29. The van der Waals surface area contributed by atoms with E-state index in [4.69, 9.17) is 0 Å². The second-order valence-electron chi connectivity index (χ2n) is 4.78. The lowest BCUT2D eigenvalue weighted by molar-refractivity contribution is 0.172. The molecule has 0 radical (unpaired) electrons. The van der Waals surface area contributed by atoms with E-state index in [1.54, 1.807) is 6.33 Å². The molecule has 0 saturated carbocycles. The van der Waals surface area contributed by atoms with Crippen LogP contribution in [0.1, 0.15) is 32.5 Å². The van der Waals surface area contributed by atoms with E-state index in [0.29, 0.717) is 4.83 Å². The van der Waals surface area contributed by atoms with Crippen molar-refractivity contribution in [2.45, 2.75) is 44.6 Å². The summed E-state index contributed by atoms with van der Waals surface area (Å²) in [6.07, 6.45) is 4.23. The highest BCUT2D eigenvalue weighted by molar-refractivity contribution is 9.09. The Labute approximate surface area is 112 Å². The van der Waals surface area contributed by atoms with Gasteiger partial charge < -0.3 is 0 Å². The van der Waals surface area contributed by atoms with Crippen molar-refractivity contribution in [3.8, 4) is 0 Å². The molecule has 17 heavy (non-hydrogen) atoms. The Morgan fingerprint density at radius 1 is 1.47 bits per heavy atom. The van der Waals surface area contributed by atoms with Gasteiger partial charge in [-0.1, -0.05) is 22.9 Å². The van der Waals surface area contributed by atoms with Crippen LogP contribution in [0.25, 0.3) is 0 Å². The molecule has 1 atom stereocenters. The van der Waals surface area contributed by atoms with Gasteiger partial charge in [-0.2, -0.15) is 5.10 Å². The molecule has 1 aliphatic rings. The van der Waals surface area contributed by atoms with Crippen molar-refractivity contribution in [2.24, 2.45) is 5.92 Å². The quantitative estimate of drug-likeness (QED) is 0.800. The number of likely N-dealkylation sites (tertiary alicyclic amines) is 1. The lowest BCUT2D eigenvalue weighted by atomic mass is 9.94. The number of hydrogen-bond acceptors (Lipinski definition) is 3. The van der Waals surface area contributed by atoms with Crippen LogP contribution in [0.3, 0.4) is 0 Å². The van der Waals surface area contributed by atoms with E-state index >= 15 is 0 Å². The van der Waals surface area contributed by atoms with Gasteiger partial charge in [-0.05, 0) is 38.8 Å². The average molecular weight is 301 g/mol. The largest absolute Gasteiger partial charge is 0.296 e. The van der Waals surface area contributed by atoms with Gasteiger partial charge in [-0.15, -0.1) is 0 Å². The maximum absolute atomic E-state index is 4.34. The molecule has 1 aromatic rings. The van der Waals surface area contributed by atoms with Crippen LogP contribution < -0.4 is 0 Å². The molecule has 2 heterocycles. The third kappa shape index (κ3) is 3.28. The minimum atomic E-state index is 0.643. The first kappa shape index (κ1) is 13.0. The zero-order valence-electron chi connectivity index (χ0n) is 10.6. The van der Waals surface area contributed by atoms with Gasteiger partial charge in [0.1, 0.15) is 12.2 Å². The Morgan fingerprint density at radius 2 is 2.18 bits per heavy atom. The summed E-state index contributed by atoms with van der Waals surface area (Å²) in [6.45, 7) is 8.57. The maximum atomic E-state index is 4.34. The molecule has 1 aromatic heterocycles. The van der Waals surface area contributed by atoms with Crippen LogP contribution in [0.5, 0.6) is 0 Å². The molecule has 0 bridgehead atoms. The van der Waals surface area contributed by atoms with Gasteiger partial charge >= 0.3 is 0 Å². The van der Waals surface area contributed by atoms with Crippen molar-refractivity contribution in [3.05, 3.63) is 12.2 Å². The predicted molar refractivity (Wildman–Crippen MR) is 72.1 cm³/mol. The van der Waals surface area contributed by atoms with E-state index in [0.717, 1.165) is 24.8 Å². The van der Waals surface area contributed by atoms with Gasteiger partial charge in [-0.25, -0.2) is 9.67 Å². The Bertz CT molecular complexity index is 342. The fourth-order valence-electron chi connectivity index (χ4n) is 2.45. The summed E-state index contributed by atoms with van der Waals surface area (Å²) in [7, 11) is 0. The number of nitrogens with zero attached hydrogens (tertiary/aromatic N) is 4. The molecule has 1 saturated heterocycles. The number of aromatic nitrogens is 3. The standard InChI is InChI=1S/C12H21BrN4/c1-3-17-12(14-9-15-17)8-16-6-4-11(5-7-16)10(2)13/h9-11H,3-8H2,1-2H3. The number of halogens is 1. The third-order valence-corrected chi connectivity index (χ3v) is 4.39. The molecule has 1 unspecified atom stereocenters. The van der Waals surface area contributed by atoms with E-state index in [1.807, 2.05) is 4.68 Å². The summed E-state index contributed by atoms with van der Waals surface area (Å²) < 4.78 is 1.99. The first-order valence-electron chi connectivity index (χ1n) is 6.43. The first-order chi connectivity index (χ1) is 8.20. The number of rotatable bonds is 4. The van der Waals surface area contributed by atoms with Gasteiger partial charge in [0.05, 0.1) is 6.54 Å². The van der Waals surface area contributed by atoms with E-state index in [2.05, 4.69) is 44.8 Å². The number of piperidine rings is 1. The molecule has 0 aliphatic carbocycles. The van der Waals surface area contributed by atoms with Crippen molar-refractivity contribution in [1.82, 2.24) is 19.7 Å². The zero-order chi connectivity index (χ0) is 12.3. The SMILES string of the molecule is CCn1ncnc1CN1CCC(C(C)Br)CC1. The fourth-order valence-corrected chi connectivity index (χ4v) is 2.97. The Balaban J connectivity index is 1.86. The van der Waals surface area contributed by atoms with Gasteiger partial charge in [0, 0.05) is 11.4 Å². The molecule has 0 amide bonds. The highest BCUT2D eigenvalue weighted by atomic mass is 79.9. The summed E-state index contributed by atoms with van der Waals surface area (Å²) in [5, 5.41) is 4.21. The summed E-state index contributed by atoms with van der Waals surface area (Å²) in [5.74, 6) is 1.92. The van der Waals surface area contributed by atoms with E-state index in [1.165, 1.54) is 25.9 Å². The summed E-state index contributed by atoms with van der Waals surface area (Å²) in [4.78, 5) is 7.47.